The van der Waals surface area contributed by atoms with Gasteiger partial charge in [-0.1, -0.05) is 0 Å². The van der Waals surface area contributed by atoms with E-state index in [1.807, 2.05) is 0 Å². The molecule has 0 unspecified atom stereocenters. The molecule has 0 N–H and O–H groups in total. The van der Waals surface area contributed by atoms with Crippen LogP contribution in [-0.4, -0.2) is 44.7 Å². The molecule has 0 aromatic carbocycles. The second-order valence-electron chi connectivity index (χ2n) is 2.60. The molecule has 0 amide bonds. The summed E-state index contributed by atoms with van der Waals surface area (Å²) < 4.78 is 5.36. The molecule has 1 aliphatic rings. The molecule has 0 spiro atoms. The van der Waals surface area contributed by atoms with Crippen molar-refractivity contribution in [3.8, 4) is 0 Å². The molecular formula is C6H15IN2. The van der Waals surface area contributed by atoms with Gasteiger partial charge in [0.05, 0.1) is 0 Å². The van der Waals surface area contributed by atoms with Crippen LogP contribution in [0.2, 0.25) is 0 Å². The quantitative estimate of drug-likeness (QED) is 0.291. The maximum atomic E-state index is 2.47. The monoisotopic (exact) mass is 242 g/mol. The minimum atomic E-state index is -0.613. The Hall–Kier alpha value is 0.650. The standard InChI is InChI=1S/C6H15IN2/c1-8(2)7-4-5-9(3)6-7/h4-6H2,1-3H3. The maximum absolute atomic E-state index is 2.47. The van der Waals surface area contributed by atoms with Crippen molar-refractivity contribution in [3.63, 3.8) is 0 Å². The third kappa shape index (κ3) is 2.05. The van der Waals surface area contributed by atoms with E-state index in [4.69, 9.17) is 0 Å². The van der Waals surface area contributed by atoms with Gasteiger partial charge >= 0.3 is 64.8 Å². The van der Waals surface area contributed by atoms with Gasteiger partial charge in [0.15, 0.2) is 0 Å². The molecule has 3 heteroatoms. The Morgan fingerprint density at radius 3 is 2.33 bits per heavy atom. The van der Waals surface area contributed by atoms with Crippen LogP contribution in [0, 0.1) is 0 Å². The molecule has 1 aliphatic heterocycles. The molecule has 56 valence electrons. The average Bonchev–Trinajstić information content (AvgIpc) is 2.14. The van der Waals surface area contributed by atoms with E-state index in [1.54, 1.807) is 0 Å². The first kappa shape index (κ1) is 7.75. The fraction of sp³-hybridized carbons (Fsp3) is 1.00. The van der Waals surface area contributed by atoms with Crippen LogP contribution in [0.3, 0.4) is 0 Å². The van der Waals surface area contributed by atoms with Gasteiger partial charge in [-0.25, -0.2) is 0 Å². The van der Waals surface area contributed by atoms with E-state index < -0.39 is 20.1 Å². The first-order valence-electron chi connectivity index (χ1n) is 3.18. The fourth-order valence-electron chi connectivity index (χ4n) is 0.873. The Morgan fingerprint density at radius 2 is 2.11 bits per heavy atom. The summed E-state index contributed by atoms with van der Waals surface area (Å²) in [5.41, 5.74) is 0. The van der Waals surface area contributed by atoms with Gasteiger partial charge < -0.3 is 0 Å². The van der Waals surface area contributed by atoms with Gasteiger partial charge in [-0.2, -0.15) is 0 Å². The molecule has 0 atom stereocenters. The Morgan fingerprint density at radius 1 is 1.44 bits per heavy atom. The van der Waals surface area contributed by atoms with E-state index in [1.165, 1.54) is 15.5 Å². The van der Waals surface area contributed by atoms with Gasteiger partial charge in [-0.3, -0.25) is 0 Å². The molecule has 1 saturated heterocycles. The van der Waals surface area contributed by atoms with E-state index in [9.17, 15) is 0 Å². The van der Waals surface area contributed by atoms with Crippen LogP contribution in [0.4, 0.5) is 0 Å². The number of alkyl halides is 2. The van der Waals surface area contributed by atoms with Crippen molar-refractivity contribution in [2.24, 2.45) is 0 Å². The molecule has 1 fully saturated rings. The Bertz CT molecular complexity index is 95.1. The van der Waals surface area contributed by atoms with E-state index >= 15 is 0 Å². The summed E-state index contributed by atoms with van der Waals surface area (Å²) in [5.74, 6) is 0. The summed E-state index contributed by atoms with van der Waals surface area (Å²) >= 11 is -0.613. The van der Waals surface area contributed by atoms with E-state index in [-0.39, 0.29) is 0 Å². The summed E-state index contributed by atoms with van der Waals surface area (Å²) in [6.45, 7) is 1.34. The van der Waals surface area contributed by atoms with E-state index in [0.29, 0.717) is 0 Å². The number of rotatable bonds is 1. The van der Waals surface area contributed by atoms with Gasteiger partial charge in [-0.15, -0.1) is 0 Å². The average molecular weight is 242 g/mol. The predicted molar refractivity (Wildman–Crippen MR) is 50.1 cm³/mol. The number of hydrogen-bond acceptors (Lipinski definition) is 2. The third-order valence-electron chi connectivity index (χ3n) is 1.50. The molecule has 0 saturated carbocycles. The van der Waals surface area contributed by atoms with Crippen molar-refractivity contribution in [1.82, 2.24) is 8.01 Å². The van der Waals surface area contributed by atoms with Gasteiger partial charge in [0, 0.05) is 0 Å². The fourth-order valence-corrected chi connectivity index (χ4v) is 5.86. The van der Waals surface area contributed by atoms with Gasteiger partial charge in [0.2, 0.25) is 0 Å². The molecule has 0 aromatic rings. The molecule has 9 heavy (non-hydrogen) atoms. The van der Waals surface area contributed by atoms with Gasteiger partial charge in [-0.05, 0) is 0 Å². The molecule has 1 rings (SSSR count). The first-order chi connectivity index (χ1) is 4.20. The second kappa shape index (κ2) is 3.16. The van der Waals surface area contributed by atoms with Gasteiger partial charge in [0.25, 0.3) is 0 Å². The molecule has 0 aliphatic carbocycles. The van der Waals surface area contributed by atoms with E-state index in [2.05, 4.69) is 29.2 Å². The van der Waals surface area contributed by atoms with Crippen LogP contribution in [0.25, 0.3) is 0 Å². The summed E-state index contributed by atoms with van der Waals surface area (Å²) in [7, 11) is 6.68. The summed E-state index contributed by atoms with van der Waals surface area (Å²) in [4.78, 5) is 2.45. The zero-order valence-corrected chi connectivity index (χ0v) is 8.55. The Labute approximate surface area is 64.9 Å². The first-order valence-corrected chi connectivity index (χ1v) is 7.19. The zero-order chi connectivity index (χ0) is 6.85. The van der Waals surface area contributed by atoms with Crippen molar-refractivity contribution in [2.75, 3.05) is 36.7 Å². The summed E-state index contributed by atoms with van der Waals surface area (Å²) in [6.07, 6.45) is 0. The SMILES string of the molecule is CN1CCI(N(C)C)C1. The van der Waals surface area contributed by atoms with Crippen LogP contribution in [0.15, 0.2) is 0 Å². The minimum absolute atomic E-state index is 0.613. The van der Waals surface area contributed by atoms with Crippen molar-refractivity contribution < 1.29 is 0 Å². The van der Waals surface area contributed by atoms with Crippen LogP contribution < -0.4 is 0 Å². The molecular weight excluding hydrogens is 227 g/mol. The molecule has 2 nitrogen and oxygen atoms in total. The zero-order valence-electron chi connectivity index (χ0n) is 6.39. The Kier molecular flexibility index (Phi) is 2.73. The summed E-state index contributed by atoms with van der Waals surface area (Å²) in [6, 6.07) is 0. The molecule has 0 bridgehead atoms. The van der Waals surface area contributed by atoms with Crippen LogP contribution in [-0.2, 0) is 0 Å². The second-order valence-corrected chi connectivity index (χ2v) is 8.74. The van der Waals surface area contributed by atoms with Crippen molar-refractivity contribution in [2.45, 2.75) is 0 Å². The van der Waals surface area contributed by atoms with Crippen molar-refractivity contribution in [3.05, 3.63) is 0 Å². The third-order valence-corrected chi connectivity index (χ3v) is 7.91. The molecule has 0 radical (unpaired) electrons. The van der Waals surface area contributed by atoms with Crippen LogP contribution in [0.5, 0.6) is 0 Å². The number of nitrogens with zero attached hydrogens (tertiary/aromatic N) is 2. The van der Waals surface area contributed by atoms with E-state index in [0.717, 1.165) is 0 Å². The summed E-state index contributed by atoms with van der Waals surface area (Å²) in [5, 5.41) is 0. The topological polar surface area (TPSA) is 6.48 Å². The van der Waals surface area contributed by atoms with Crippen LogP contribution in [0.1, 0.15) is 0 Å². The van der Waals surface area contributed by atoms with Crippen molar-refractivity contribution in [1.29, 1.82) is 0 Å². The number of hydrogen-bond donors (Lipinski definition) is 0. The Balaban J connectivity index is 2.30. The van der Waals surface area contributed by atoms with Crippen molar-refractivity contribution >= 4 is 20.1 Å². The molecule has 0 aromatic heterocycles. The number of halogens is 1. The normalized spacial score (nSPS) is 26.0. The molecule has 1 heterocycles. The van der Waals surface area contributed by atoms with Crippen LogP contribution >= 0.6 is 20.1 Å². The predicted octanol–water partition coefficient (Wildman–Crippen LogP) is 0.872. The van der Waals surface area contributed by atoms with Gasteiger partial charge in [0.1, 0.15) is 0 Å².